The van der Waals surface area contributed by atoms with Gasteiger partial charge < -0.3 is 5.73 Å². The van der Waals surface area contributed by atoms with Crippen LogP contribution in [0.5, 0.6) is 0 Å². The molecule has 0 radical (unpaired) electrons. The SMILES string of the molecule is NC(NC(/C=C/c1cccc(-c2cccc(-c3c4ccccc4cc4c3ccc3ccccc34)c2)c1)c1ccc2c(ccc3ccccc32)c1)c1ccccc1. The lowest BCUT2D eigenvalue weighted by Gasteiger charge is -2.22. The maximum absolute atomic E-state index is 6.80. The lowest BCUT2D eigenvalue weighted by Crippen LogP contribution is -2.31. The first-order chi connectivity index (χ1) is 27.7. The van der Waals surface area contributed by atoms with Crippen LogP contribution < -0.4 is 11.1 Å². The van der Waals surface area contributed by atoms with Crippen molar-refractivity contribution in [3.8, 4) is 22.3 Å². The second-order valence-electron chi connectivity index (χ2n) is 14.7. The van der Waals surface area contributed by atoms with E-state index in [0.717, 1.165) is 16.7 Å². The third kappa shape index (κ3) is 6.31. The van der Waals surface area contributed by atoms with Crippen LogP contribution in [0.2, 0.25) is 0 Å². The van der Waals surface area contributed by atoms with Gasteiger partial charge in [0.25, 0.3) is 0 Å². The first-order valence-corrected chi connectivity index (χ1v) is 19.4. The molecule has 0 aliphatic heterocycles. The fourth-order valence-corrected chi connectivity index (χ4v) is 8.45. The van der Waals surface area contributed by atoms with Gasteiger partial charge in [-0.3, -0.25) is 5.32 Å². The summed E-state index contributed by atoms with van der Waals surface area (Å²) in [6, 6.07) is 72.1. The van der Waals surface area contributed by atoms with Crippen LogP contribution >= 0.6 is 0 Å². The monoisotopic (exact) mass is 716 g/mol. The lowest BCUT2D eigenvalue weighted by atomic mass is 9.88. The second kappa shape index (κ2) is 14.4. The van der Waals surface area contributed by atoms with Gasteiger partial charge in [0.1, 0.15) is 0 Å². The molecule has 2 unspecified atom stereocenters. The summed E-state index contributed by atoms with van der Waals surface area (Å²) in [7, 11) is 0. The van der Waals surface area contributed by atoms with Crippen LogP contribution in [0.3, 0.4) is 0 Å². The highest BCUT2D eigenvalue weighted by atomic mass is 15.0. The summed E-state index contributed by atoms with van der Waals surface area (Å²) in [6.07, 6.45) is 4.12. The van der Waals surface area contributed by atoms with Gasteiger partial charge in [0.05, 0.1) is 12.2 Å². The van der Waals surface area contributed by atoms with Gasteiger partial charge in [0.15, 0.2) is 0 Å². The Balaban J connectivity index is 1.02. The standard InChI is InChI=1S/C54H40N2/c55-54(39-15-2-1-3-16-39)56-52(44-28-29-48-43(34-44)26-25-37-13-4-7-21-46(37)48)31-24-36-12-10-18-40(32-36)41-19-11-20-45(33-41)53-49-23-9-6-17-42(49)35-51-47-22-8-5-14-38(47)27-30-50(51)53/h1-35,52,54,56H,55H2/b31-24+. The van der Waals surface area contributed by atoms with E-state index >= 15 is 0 Å². The first kappa shape index (κ1) is 33.7. The summed E-state index contributed by atoms with van der Waals surface area (Å²) >= 11 is 0. The second-order valence-corrected chi connectivity index (χ2v) is 14.7. The summed E-state index contributed by atoms with van der Waals surface area (Å²) in [5.74, 6) is 0. The lowest BCUT2D eigenvalue weighted by molar-refractivity contribution is 0.509. The van der Waals surface area contributed by atoms with Crippen LogP contribution in [0.4, 0.5) is 0 Å². The van der Waals surface area contributed by atoms with E-state index in [1.54, 1.807) is 0 Å². The van der Waals surface area contributed by atoms with E-state index in [9.17, 15) is 0 Å². The molecule has 3 N–H and O–H groups in total. The summed E-state index contributed by atoms with van der Waals surface area (Å²) < 4.78 is 0. The molecule has 0 saturated carbocycles. The Bertz CT molecular complexity index is 3090. The minimum absolute atomic E-state index is 0.121. The van der Waals surface area contributed by atoms with Crippen LogP contribution in [0, 0.1) is 0 Å². The summed E-state index contributed by atoms with van der Waals surface area (Å²) in [5, 5.41) is 16.3. The number of hydrogen-bond donors (Lipinski definition) is 2. The zero-order valence-electron chi connectivity index (χ0n) is 30.9. The van der Waals surface area contributed by atoms with Gasteiger partial charge >= 0.3 is 0 Å². The van der Waals surface area contributed by atoms with Crippen molar-refractivity contribution < 1.29 is 0 Å². The number of fused-ring (bicyclic) bond motifs is 7. The van der Waals surface area contributed by atoms with Gasteiger partial charge in [-0.2, -0.15) is 0 Å². The molecule has 0 heterocycles. The average Bonchev–Trinajstić information content (AvgIpc) is 3.27. The quantitative estimate of drug-likeness (QED) is 0.0933. The molecule has 0 aliphatic carbocycles. The zero-order valence-corrected chi connectivity index (χ0v) is 30.9. The van der Waals surface area contributed by atoms with Crippen molar-refractivity contribution in [1.29, 1.82) is 0 Å². The summed E-state index contributed by atoms with van der Waals surface area (Å²) in [5.41, 5.74) is 15.0. The molecular weight excluding hydrogens is 677 g/mol. The Morgan fingerprint density at radius 3 is 1.75 bits per heavy atom. The molecule has 2 atom stereocenters. The van der Waals surface area contributed by atoms with Crippen molar-refractivity contribution in [3.05, 3.63) is 223 Å². The molecule has 266 valence electrons. The number of nitrogens with one attached hydrogen (secondary N) is 1. The molecular formula is C54H40N2. The Morgan fingerprint density at radius 2 is 0.946 bits per heavy atom. The smallest absolute Gasteiger partial charge is 0.0817 e. The van der Waals surface area contributed by atoms with Gasteiger partial charge in [-0.15, -0.1) is 0 Å². The molecule has 0 aliphatic rings. The fraction of sp³-hybridized carbons (Fsp3) is 0.0370. The van der Waals surface area contributed by atoms with Crippen LogP contribution in [-0.4, -0.2) is 0 Å². The Hall–Kier alpha value is -6.84. The molecule has 0 fully saturated rings. The maximum atomic E-state index is 6.80. The predicted octanol–water partition coefficient (Wildman–Crippen LogP) is 13.8. The van der Waals surface area contributed by atoms with Crippen LogP contribution in [-0.2, 0) is 0 Å². The van der Waals surface area contributed by atoms with E-state index in [1.807, 2.05) is 18.2 Å². The maximum Gasteiger partial charge on any atom is 0.0817 e. The van der Waals surface area contributed by atoms with Gasteiger partial charge in [-0.25, -0.2) is 0 Å². The molecule has 2 nitrogen and oxygen atoms in total. The van der Waals surface area contributed by atoms with Crippen molar-refractivity contribution >= 4 is 59.9 Å². The van der Waals surface area contributed by atoms with Gasteiger partial charge in [-0.05, 0) is 117 Å². The predicted molar refractivity (Wildman–Crippen MR) is 240 cm³/mol. The van der Waals surface area contributed by atoms with Crippen LogP contribution in [0.15, 0.2) is 206 Å². The molecule has 0 aromatic heterocycles. The highest BCUT2D eigenvalue weighted by molar-refractivity contribution is 6.20. The minimum atomic E-state index is -0.338. The highest BCUT2D eigenvalue weighted by Gasteiger charge is 2.16. The summed E-state index contributed by atoms with van der Waals surface area (Å²) in [6.45, 7) is 0. The molecule has 0 spiro atoms. The number of nitrogens with two attached hydrogens (primary N) is 1. The van der Waals surface area contributed by atoms with E-state index in [1.165, 1.54) is 76.1 Å². The Morgan fingerprint density at radius 1 is 0.375 bits per heavy atom. The highest BCUT2D eigenvalue weighted by Crippen LogP contribution is 2.40. The average molecular weight is 717 g/mol. The van der Waals surface area contributed by atoms with Crippen molar-refractivity contribution in [1.82, 2.24) is 5.32 Å². The van der Waals surface area contributed by atoms with E-state index < -0.39 is 0 Å². The van der Waals surface area contributed by atoms with Crippen molar-refractivity contribution in [2.75, 3.05) is 0 Å². The number of benzene rings is 10. The molecule has 0 amide bonds. The zero-order chi connectivity index (χ0) is 37.4. The molecule has 0 saturated heterocycles. The van der Waals surface area contributed by atoms with E-state index in [2.05, 4.69) is 199 Å². The molecule has 10 aromatic carbocycles. The fourth-order valence-electron chi connectivity index (χ4n) is 8.45. The van der Waals surface area contributed by atoms with E-state index in [4.69, 9.17) is 5.73 Å². The van der Waals surface area contributed by atoms with E-state index in [-0.39, 0.29) is 12.2 Å². The summed E-state index contributed by atoms with van der Waals surface area (Å²) in [4.78, 5) is 0. The van der Waals surface area contributed by atoms with Crippen LogP contribution in [0.25, 0.3) is 82.2 Å². The van der Waals surface area contributed by atoms with Crippen molar-refractivity contribution in [2.45, 2.75) is 12.2 Å². The number of rotatable bonds is 8. The topological polar surface area (TPSA) is 38.0 Å². The van der Waals surface area contributed by atoms with E-state index in [0.29, 0.717) is 0 Å². The van der Waals surface area contributed by atoms with Crippen LogP contribution in [0.1, 0.15) is 28.9 Å². The van der Waals surface area contributed by atoms with Crippen molar-refractivity contribution in [2.24, 2.45) is 5.73 Å². The third-order valence-electron chi connectivity index (χ3n) is 11.3. The largest absolute Gasteiger partial charge is 0.312 e. The first-order valence-electron chi connectivity index (χ1n) is 19.4. The number of hydrogen-bond acceptors (Lipinski definition) is 2. The van der Waals surface area contributed by atoms with Gasteiger partial charge in [0, 0.05) is 0 Å². The molecule has 2 heteroatoms. The van der Waals surface area contributed by atoms with Gasteiger partial charge in [-0.1, -0.05) is 188 Å². The Labute approximate surface area is 327 Å². The molecule has 56 heavy (non-hydrogen) atoms. The normalized spacial score (nSPS) is 12.9. The Kier molecular flexibility index (Phi) is 8.69. The minimum Gasteiger partial charge on any atom is -0.312 e. The van der Waals surface area contributed by atoms with Gasteiger partial charge in [0.2, 0.25) is 0 Å². The molecule has 10 rings (SSSR count). The molecule has 0 bridgehead atoms. The van der Waals surface area contributed by atoms with Crippen molar-refractivity contribution in [3.63, 3.8) is 0 Å². The molecule has 10 aromatic rings. The third-order valence-corrected chi connectivity index (χ3v) is 11.3.